The average Bonchev–Trinajstić information content (AvgIpc) is 3.05. The van der Waals surface area contributed by atoms with Crippen molar-refractivity contribution in [2.24, 2.45) is 5.92 Å². The number of carbonyl (C=O) groups excluding carboxylic acids is 1. The van der Waals surface area contributed by atoms with Crippen molar-refractivity contribution in [3.8, 4) is 0 Å². The molecular weight excluding hydrogens is 340 g/mol. The highest BCUT2D eigenvalue weighted by molar-refractivity contribution is 5.78. The quantitative estimate of drug-likeness (QED) is 0.707. The van der Waals surface area contributed by atoms with Gasteiger partial charge in [0.2, 0.25) is 5.91 Å². The van der Waals surface area contributed by atoms with Gasteiger partial charge in [-0.2, -0.15) is 0 Å². The lowest BCUT2D eigenvalue weighted by atomic mass is 9.95. The Morgan fingerprint density at radius 3 is 2.59 bits per heavy atom. The molecule has 0 bridgehead atoms. The van der Waals surface area contributed by atoms with E-state index < -0.39 is 0 Å². The highest BCUT2D eigenvalue weighted by Crippen LogP contribution is 2.21. The number of aryl methyl sites for hydroxylation is 2. The molecule has 0 aromatic carbocycles. The molecule has 0 aliphatic carbocycles. The Labute approximate surface area is 163 Å². The van der Waals surface area contributed by atoms with Gasteiger partial charge in [0.25, 0.3) is 0 Å². The number of hydrogen-bond acceptors (Lipinski definition) is 5. The van der Waals surface area contributed by atoms with E-state index in [9.17, 15) is 4.79 Å². The number of aromatic nitrogens is 1. The van der Waals surface area contributed by atoms with Crippen LogP contribution < -0.4 is 5.32 Å². The summed E-state index contributed by atoms with van der Waals surface area (Å²) < 4.78 is 5.66. The van der Waals surface area contributed by atoms with Crippen LogP contribution in [0.5, 0.6) is 0 Å². The van der Waals surface area contributed by atoms with Gasteiger partial charge < -0.3 is 14.6 Å². The van der Waals surface area contributed by atoms with Crippen LogP contribution in [0.4, 0.5) is 0 Å². The molecular formula is C21H36N4O2. The summed E-state index contributed by atoms with van der Waals surface area (Å²) in [5.41, 5.74) is 1.07. The first kappa shape index (κ1) is 20.3. The number of hydrogen-bond donors (Lipinski definition) is 1. The van der Waals surface area contributed by atoms with Gasteiger partial charge in [0, 0.05) is 32.4 Å². The number of rotatable bonds is 8. The van der Waals surface area contributed by atoms with Crippen LogP contribution in [0.1, 0.15) is 62.8 Å². The van der Waals surface area contributed by atoms with E-state index in [2.05, 4.69) is 27.0 Å². The molecule has 2 aliphatic rings. The van der Waals surface area contributed by atoms with Crippen LogP contribution in [0.15, 0.2) is 4.42 Å². The van der Waals surface area contributed by atoms with Gasteiger partial charge in [-0.1, -0.05) is 13.3 Å². The summed E-state index contributed by atoms with van der Waals surface area (Å²) in [5, 5.41) is 3.17. The maximum absolute atomic E-state index is 12.4. The molecule has 1 N–H and O–H groups in total. The molecule has 3 heterocycles. The lowest BCUT2D eigenvalue weighted by Gasteiger charge is -2.31. The van der Waals surface area contributed by atoms with Gasteiger partial charge in [0.05, 0.1) is 5.69 Å². The standard InChI is InChI=1S/C21H36N4O2/c1-3-20-19(23-17(2)27-20)16-25-14-8-18(9-15-25)21(26)22-10-7-13-24-11-5-4-6-12-24/h18H,3-16H2,1-2H3,(H,22,26). The summed E-state index contributed by atoms with van der Waals surface area (Å²) in [7, 11) is 0. The van der Waals surface area contributed by atoms with Gasteiger partial charge >= 0.3 is 0 Å². The Morgan fingerprint density at radius 2 is 1.89 bits per heavy atom. The molecule has 0 spiro atoms. The zero-order chi connectivity index (χ0) is 19.1. The third kappa shape index (κ3) is 6.04. The van der Waals surface area contributed by atoms with E-state index in [0.29, 0.717) is 0 Å². The molecule has 27 heavy (non-hydrogen) atoms. The van der Waals surface area contributed by atoms with Crippen LogP contribution in [-0.4, -0.2) is 60.0 Å². The minimum absolute atomic E-state index is 0.168. The van der Waals surface area contributed by atoms with Crippen molar-refractivity contribution in [3.05, 3.63) is 17.3 Å². The number of piperidine rings is 2. The molecule has 2 saturated heterocycles. The van der Waals surface area contributed by atoms with Crippen LogP contribution >= 0.6 is 0 Å². The second-order valence-corrected chi connectivity index (χ2v) is 8.05. The van der Waals surface area contributed by atoms with Crippen LogP contribution in [0.25, 0.3) is 0 Å². The van der Waals surface area contributed by atoms with E-state index in [4.69, 9.17) is 4.42 Å². The summed E-state index contributed by atoms with van der Waals surface area (Å²) in [4.78, 5) is 21.9. The van der Waals surface area contributed by atoms with Crippen molar-refractivity contribution in [2.75, 3.05) is 39.3 Å². The molecule has 0 unspecified atom stereocenters. The first-order chi connectivity index (χ1) is 13.2. The number of carbonyl (C=O) groups is 1. The number of likely N-dealkylation sites (tertiary alicyclic amines) is 2. The summed E-state index contributed by atoms with van der Waals surface area (Å²) >= 11 is 0. The van der Waals surface area contributed by atoms with E-state index >= 15 is 0 Å². The summed E-state index contributed by atoms with van der Waals surface area (Å²) in [5.74, 6) is 2.17. The predicted molar refractivity (Wildman–Crippen MR) is 107 cm³/mol. The molecule has 2 fully saturated rings. The van der Waals surface area contributed by atoms with Gasteiger partial charge in [0.1, 0.15) is 5.76 Å². The van der Waals surface area contributed by atoms with Gasteiger partial charge in [-0.25, -0.2) is 4.98 Å². The van der Waals surface area contributed by atoms with Crippen molar-refractivity contribution in [2.45, 2.75) is 65.3 Å². The minimum Gasteiger partial charge on any atom is -0.446 e. The fourth-order valence-corrected chi connectivity index (χ4v) is 4.32. The second-order valence-electron chi connectivity index (χ2n) is 8.05. The normalized spacial score (nSPS) is 20.1. The second kappa shape index (κ2) is 10.2. The molecule has 0 radical (unpaired) electrons. The molecule has 0 saturated carbocycles. The van der Waals surface area contributed by atoms with Crippen molar-refractivity contribution in [1.29, 1.82) is 0 Å². The Bertz CT molecular complexity index is 587. The predicted octanol–water partition coefficient (Wildman–Crippen LogP) is 2.75. The molecule has 2 aliphatic heterocycles. The SMILES string of the molecule is CCc1oc(C)nc1CN1CCC(C(=O)NCCCN2CCCCC2)CC1. The molecule has 152 valence electrons. The average molecular weight is 377 g/mol. The van der Waals surface area contributed by atoms with Crippen LogP contribution in [0.3, 0.4) is 0 Å². The molecule has 1 aromatic rings. The smallest absolute Gasteiger partial charge is 0.223 e. The van der Waals surface area contributed by atoms with Crippen molar-refractivity contribution < 1.29 is 9.21 Å². The zero-order valence-electron chi connectivity index (χ0n) is 17.1. The maximum atomic E-state index is 12.4. The van der Waals surface area contributed by atoms with E-state index in [1.807, 2.05) is 6.92 Å². The molecule has 6 nitrogen and oxygen atoms in total. The fraction of sp³-hybridized carbons (Fsp3) is 0.810. The number of nitrogens with one attached hydrogen (secondary N) is 1. The highest BCUT2D eigenvalue weighted by Gasteiger charge is 2.26. The number of amides is 1. The summed E-state index contributed by atoms with van der Waals surface area (Å²) in [6.45, 7) is 11.2. The van der Waals surface area contributed by atoms with Gasteiger partial charge in [-0.15, -0.1) is 0 Å². The lowest BCUT2D eigenvalue weighted by Crippen LogP contribution is -2.41. The van der Waals surface area contributed by atoms with Crippen LogP contribution in [0.2, 0.25) is 0 Å². The minimum atomic E-state index is 0.168. The third-order valence-electron chi connectivity index (χ3n) is 5.94. The summed E-state index contributed by atoms with van der Waals surface area (Å²) in [6, 6.07) is 0. The van der Waals surface area contributed by atoms with Gasteiger partial charge in [0.15, 0.2) is 5.89 Å². The molecule has 3 rings (SSSR count). The zero-order valence-corrected chi connectivity index (χ0v) is 17.1. The number of nitrogens with zero attached hydrogens (tertiary/aromatic N) is 3. The Hall–Kier alpha value is -1.40. The fourth-order valence-electron chi connectivity index (χ4n) is 4.32. The van der Waals surface area contributed by atoms with E-state index in [0.717, 1.165) is 75.8 Å². The first-order valence-corrected chi connectivity index (χ1v) is 10.8. The molecule has 6 heteroatoms. The monoisotopic (exact) mass is 376 g/mol. The largest absolute Gasteiger partial charge is 0.446 e. The Balaban J connectivity index is 1.32. The maximum Gasteiger partial charge on any atom is 0.223 e. The summed E-state index contributed by atoms with van der Waals surface area (Å²) in [6.07, 6.45) is 7.87. The van der Waals surface area contributed by atoms with Crippen LogP contribution in [-0.2, 0) is 17.8 Å². The molecule has 1 aromatic heterocycles. The van der Waals surface area contributed by atoms with Crippen molar-refractivity contribution in [1.82, 2.24) is 20.1 Å². The van der Waals surface area contributed by atoms with Gasteiger partial charge in [-0.3, -0.25) is 9.69 Å². The van der Waals surface area contributed by atoms with Crippen LogP contribution in [0, 0.1) is 12.8 Å². The topological polar surface area (TPSA) is 61.6 Å². The third-order valence-corrected chi connectivity index (χ3v) is 5.94. The lowest BCUT2D eigenvalue weighted by molar-refractivity contribution is -0.126. The van der Waals surface area contributed by atoms with E-state index in [1.54, 1.807) is 0 Å². The van der Waals surface area contributed by atoms with Crippen molar-refractivity contribution >= 4 is 5.91 Å². The molecule has 1 amide bonds. The first-order valence-electron chi connectivity index (χ1n) is 10.8. The van der Waals surface area contributed by atoms with E-state index in [-0.39, 0.29) is 11.8 Å². The van der Waals surface area contributed by atoms with E-state index in [1.165, 1.54) is 32.4 Å². The van der Waals surface area contributed by atoms with Gasteiger partial charge in [-0.05, 0) is 64.8 Å². The Morgan fingerprint density at radius 1 is 1.15 bits per heavy atom. The Kier molecular flexibility index (Phi) is 7.70. The molecule has 0 atom stereocenters. The highest BCUT2D eigenvalue weighted by atomic mass is 16.4. The number of oxazole rings is 1. The van der Waals surface area contributed by atoms with Crippen molar-refractivity contribution in [3.63, 3.8) is 0 Å².